The number of anilines is 1. The van der Waals surface area contributed by atoms with Crippen LogP contribution >= 0.6 is 34.5 Å². The minimum atomic E-state index is -0.509. The SMILES string of the molecule is CCOC(=O)c1c(-c2ccc(Cl)cc2)csc1NC(=O)c1c(C)nc2cc(Cl)ccn12. The van der Waals surface area contributed by atoms with E-state index in [4.69, 9.17) is 27.9 Å². The first-order valence-corrected chi connectivity index (χ1v) is 11.0. The van der Waals surface area contributed by atoms with E-state index >= 15 is 0 Å². The minimum Gasteiger partial charge on any atom is -0.462 e. The van der Waals surface area contributed by atoms with Crippen LogP contribution in [0.1, 0.15) is 33.5 Å². The van der Waals surface area contributed by atoms with Gasteiger partial charge in [-0.2, -0.15) is 0 Å². The molecule has 0 aliphatic carbocycles. The van der Waals surface area contributed by atoms with Gasteiger partial charge in [0.05, 0.1) is 12.3 Å². The molecule has 3 heterocycles. The van der Waals surface area contributed by atoms with Gasteiger partial charge in [-0.25, -0.2) is 9.78 Å². The van der Waals surface area contributed by atoms with Crippen molar-refractivity contribution in [2.75, 3.05) is 11.9 Å². The Morgan fingerprint density at radius 1 is 1.16 bits per heavy atom. The molecule has 0 unspecified atom stereocenters. The van der Waals surface area contributed by atoms with E-state index in [0.29, 0.717) is 43.2 Å². The summed E-state index contributed by atoms with van der Waals surface area (Å²) in [6, 6.07) is 10.5. The normalized spacial score (nSPS) is 11.0. The molecule has 158 valence electrons. The molecule has 0 radical (unpaired) electrons. The predicted octanol–water partition coefficient (Wildman–Crippen LogP) is 6.11. The van der Waals surface area contributed by atoms with Crippen molar-refractivity contribution in [2.45, 2.75) is 13.8 Å². The number of carbonyl (C=O) groups excluding carboxylic acids is 2. The molecule has 0 bridgehead atoms. The van der Waals surface area contributed by atoms with Crippen molar-refractivity contribution in [1.29, 1.82) is 0 Å². The zero-order chi connectivity index (χ0) is 22.1. The number of esters is 1. The third-order valence-electron chi connectivity index (χ3n) is 4.63. The number of rotatable bonds is 5. The Kier molecular flexibility index (Phi) is 6.00. The summed E-state index contributed by atoms with van der Waals surface area (Å²) in [6.07, 6.45) is 1.69. The number of thiophene rings is 1. The quantitative estimate of drug-likeness (QED) is 0.355. The molecule has 6 nitrogen and oxygen atoms in total. The van der Waals surface area contributed by atoms with Gasteiger partial charge >= 0.3 is 5.97 Å². The van der Waals surface area contributed by atoms with Gasteiger partial charge < -0.3 is 10.1 Å². The highest BCUT2D eigenvalue weighted by Crippen LogP contribution is 2.37. The number of halogens is 2. The molecule has 0 saturated heterocycles. The van der Waals surface area contributed by atoms with Gasteiger partial charge in [0.25, 0.3) is 5.91 Å². The van der Waals surface area contributed by atoms with E-state index in [2.05, 4.69) is 10.3 Å². The molecule has 0 aliphatic heterocycles. The van der Waals surface area contributed by atoms with E-state index in [1.54, 1.807) is 48.7 Å². The molecule has 3 aromatic heterocycles. The lowest BCUT2D eigenvalue weighted by atomic mass is 10.0. The summed E-state index contributed by atoms with van der Waals surface area (Å²) in [4.78, 5) is 30.3. The van der Waals surface area contributed by atoms with Gasteiger partial charge in [-0.05, 0) is 37.6 Å². The summed E-state index contributed by atoms with van der Waals surface area (Å²) in [7, 11) is 0. The number of hydrogen-bond acceptors (Lipinski definition) is 5. The molecule has 0 spiro atoms. The number of benzene rings is 1. The van der Waals surface area contributed by atoms with Gasteiger partial charge in [0.15, 0.2) is 0 Å². The topological polar surface area (TPSA) is 72.7 Å². The number of imidazole rings is 1. The molecule has 0 atom stereocenters. The monoisotopic (exact) mass is 473 g/mol. The fraction of sp³-hybridized carbons (Fsp3) is 0.136. The Morgan fingerprint density at radius 2 is 1.90 bits per heavy atom. The first kappa shape index (κ1) is 21.4. The lowest BCUT2D eigenvalue weighted by Gasteiger charge is -2.09. The molecule has 1 amide bonds. The fourth-order valence-corrected chi connectivity index (χ4v) is 4.50. The van der Waals surface area contributed by atoms with Crippen LogP contribution in [0.3, 0.4) is 0 Å². The highest BCUT2D eigenvalue weighted by Gasteiger charge is 2.25. The number of pyridine rings is 1. The number of nitrogens with zero attached hydrogens (tertiary/aromatic N) is 2. The van der Waals surface area contributed by atoms with Crippen LogP contribution < -0.4 is 5.32 Å². The van der Waals surface area contributed by atoms with Crippen LogP contribution in [-0.2, 0) is 4.74 Å². The third-order valence-corrected chi connectivity index (χ3v) is 6.01. The predicted molar refractivity (Wildman–Crippen MR) is 124 cm³/mol. The van der Waals surface area contributed by atoms with Crippen LogP contribution in [0.25, 0.3) is 16.8 Å². The van der Waals surface area contributed by atoms with Crippen LogP contribution in [0.15, 0.2) is 48.0 Å². The summed E-state index contributed by atoms with van der Waals surface area (Å²) < 4.78 is 6.91. The number of aryl methyl sites for hydroxylation is 1. The maximum atomic E-state index is 13.2. The van der Waals surface area contributed by atoms with E-state index in [1.165, 1.54) is 11.3 Å². The third kappa shape index (κ3) is 4.17. The maximum absolute atomic E-state index is 13.2. The average molecular weight is 474 g/mol. The molecule has 0 fully saturated rings. The second-order valence-electron chi connectivity index (χ2n) is 6.65. The molecule has 0 saturated carbocycles. The standard InChI is InChI=1S/C22H17Cl2N3O3S/c1-3-30-22(29)18-16(13-4-6-14(23)7-5-13)11-31-21(18)26-20(28)19-12(2)25-17-10-15(24)8-9-27(17)19/h4-11H,3H2,1-2H3,(H,26,28). The largest absolute Gasteiger partial charge is 0.462 e. The average Bonchev–Trinajstić information content (AvgIpc) is 3.28. The zero-order valence-corrected chi connectivity index (χ0v) is 18.9. The highest BCUT2D eigenvalue weighted by atomic mass is 35.5. The number of carbonyl (C=O) groups is 2. The zero-order valence-electron chi connectivity index (χ0n) is 16.6. The Bertz CT molecular complexity index is 1300. The van der Waals surface area contributed by atoms with Gasteiger partial charge in [0, 0.05) is 33.3 Å². The number of ether oxygens (including phenoxy) is 1. The molecular weight excluding hydrogens is 457 g/mol. The summed E-state index contributed by atoms with van der Waals surface area (Å²) in [5.41, 5.74) is 3.24. The summed E-state index contributed by atoms with van der Waals surface area (Å²) in [5, 5.41) is 6.19. The molecular formula is C22H17Cl2N3O3S. The van der Waals surface area contributed by atoms with Crippen molar-refractivity contribution in [3.8, 4) is 11.1 Å². The molecule has 0 aliphatic rings. The summed E-state index contributed by atoms with van der Waals surface area (Å²) in [6.45, 7) is 3.70. The summed E-state index contributed by atoms with van der Waals surface area (Å²) in [5.74, 6) is -0.895. The highest BCUT2D eigenvalue weighted by molar-refractivity contribution is 7.15. The number of amides is 1. The second kappa shape index (κ2) is 8.70. The first-order chi connectivity index (χ1) is 14.9. The summed E-state index contributed by atoms with van der Waals surface area (Å²) >= 11 is 13.3. The molecule has 9 heteroatoms. The lowest BCUT2D eigenvalue weighted by molar-refractivity contribution is 0.0529. The van der Waals surface area contributed by atoms with Gasteiger partial charge in [0.2, 0.25) is 0 Å². The first-order valence-electron chi connectivity index (χ1n) is 9.39. The van der Waals surface area contributed by atoms with Crippen molar-refractivity contribution in [3.05, 3.63) is 75.0 Å². The van der Waals surface area contributed by atoms with Crippen LogP contribution in [0.2, 0.25) is 10.0 Å². The number of nitrogens with one attached hydrogen (secondary N) is 1. The number of aromatic nitrogens is 2. The van der Waals surface area contributed by atoms with Crippen molar-refractivity contribution in [2.24, 2.45) is 0 Å². The second-order valence-corrected chi connectivity index (χ2v) is 8.41. The molecule has 31 heavy (non-hydrogen) atoms. The number of hydrogen-bond donors (Lipinski definition) is 1. The van der Waals surface area contributed by atoms with Crippen molar-refractivity contribution >= 4 is 57.1 Å². The van der Waals surface area contributed by atoms with Crippen molar-refractivity contribution in [1.82, 2.24) is 9.38 Å². The van der Waals surface area contributed by atoms with Crippen molar-refractivity contribution in [3.63, 3.8) is 0 Å². The van der Waals surface area contributed by atoms with Crippen LogP contribution in [-0.4, -0.2) is 27.9 Å². The Hall–Kier alpha value is -2.87. The minimum absolute atomic E-state index is 0.218. The van der Waals surface area contributed by atoms with E-state index in [0.717, 1.165) is 5.56 Å². The van der Waals surface area contributed by atoms with Crippen molar-refractivity contribution < 1.29 is 14.3 Å². The molecule has 1 aromatic carbocycles. The molecule has 4 aromatic rings. The lowest BCUT2D eigenvalue weighted by Crippen LogP contribution is -2.17. The van der Waals surface area contributed by atoms with Crippen LogP contribution in [0.4, 0.5) is 5.00 Å². The Balaban J connectivity index is 1.75. The van der Waals surface area contributed by atoms with Gasteiger partial charge in [-0.3, -0.25) is 9.20 Å². The van der Waals surface area contributed by atoms with Crippen LogP contribution in [0, 0.1) is 6.92 Å². The van der Waals surface area contributed by atoms with E-state index < -0.39 is 5.97 Å². The number of fused-ring (bicyclic) bond motifs is 1. The smallest absolute Gasteiger partial charge is 0.341 e. The van der Waals surface area contributed by atoms with E-state index in [9.17, 15) is 9.59 Å². The van der Waals surface area contributed by atoms with Gasteiger partial charge in [-0.15, -0.1) is 11.3 Å². The van der Waals surface area contributed by atoms with Gasteiger partial charge in [0.1, 0.15) is 21.9 Å². The van der Waals surface area contributed by atoms with E-state index in [-0.39, 0.29) is 12.5 Å². The van der Waals surface area contributed by atoms with Gasteiger partial charge in [-0.1, -0.05) is 35.3 Å². The molecule has 4 rings (SSSR count). The maximum Gasteiger partial charge on any atom is 0.341 e. The fourth-order valence-electron chi connectivity index (χ4n) is 3.27. The van der Waals surface area contributed by atoms with E-state index in [1.807, 2.05) is 17.5 Å². The Labute approximate surface area is 192 Å². The van der Waals surface area contributed by atoms with Crippen LogP contribution in [0.5, 0.6) is 0 Å². The molecule has 1 N–H and O–H groups in total. The Morgan fingerprint density at radius 3 is 2.61 bits per heavy atom.